The van der Waals surface area contributed by atoms with Crippen molar-refractivity contribution in [2.45, 2.75) is 26.7 Å². The van der Waals surface area contributed by atoms with Gasteiger partial charge in [0.2, 0.25) is 0 Å². The Kier molecular flexibility index (Phi) is 7.48. The number of aryl methyl sites for hydroxylation is 2. The molecule has 0 spiro atoms. The van der Waals surface area contributed by atoms with E-state index in [1.807, 2.05) is 12.1 Å². The molecule has 0 bridgehead atoms. The highest BCUT2D eigenvalue weighted by Gasteiger charge is 2.06. The minimum absolute atomic E-state index is 0. The number of aromatic amines is 2. The van der Waals surface area contributed by atoms with Crippen molar-refractivity contribution in [3.8, 4) is 0 Å². The number of hydrogen-bond donors (Lipinski definition) is 4. The molecule has 0 unspecified atom stereocenters. The zero-order chi connectivity index (χ0) is 18.5. The SMILES string of the molecule is Cc1[nH]c2ccccc2c1CCN.Cc1[nH]c2ccccc2c1CCN.Cl. The minimum Gasteiger partial charge on any atom is -0.358 e. The maximum atomic E-state index is 5.57. The Morgan fingerprint density at radius 3 is 1.41 bits per heavy atom. The summed E-state index contributed by atoms with van der Waals surface area (Å²) in [5.74, 6) is 0. The van der Waals surface area contributed by atoms with Gasteiger partial charge in [0.1, 0.15) is 0 Å². The van der Waals surface area contributed by atoms with Gasteiger partial charge in [-0.15, -0.1) is 12.4 Å². The number of fused-ring (bicyclic) bond motifs is 2. The zero-order valence-corrected chi connectivity index (χ0v) is 16.8. The summed E-state index contributed by atoms with van der Waals surface area (Å²) in [7, 11) is 0. The van der Waals surface area contributed by atoms with Crippen LogP contribution in [0.5, 0.6) is 0 Å². The van der Waals surface area contributed by atoms with E-state index in [1.165, 1.54) is 44.3 Å². The number of hydrogen-bond acceptors (Lipinski definition) is 2. The predicted molar refractivity (Wildman–Crippen MR) is 119 cm³/mol. The molecule has 4 nitrogen and oxygen atoms in total. The van der Waals surface area contributed by atoms with E-state index < -0.39 is 0 Å². The first-order valence-electron chi connectivity index (χ1n) is 9.18. The van der Waals surface area contributed by atoms with Crippen molar-refractivity contribution >= 4 is 34.2 Å². The zero-order valence-electron chi connectivity index (χ0n) is 16.0. The van der Waals surface area contributed by atoms with Gasteiger partial charge in [-0.2, -0.15) is 0 Å². The van der Waals surface area contributed by atoms with Gasteiger partial charge in [-0.3, -0.25) is 0 Å². The second-order valence-corrected chi connectivity index (χ2v) is 6.63. The van der Waals surface area contributed by atoms with E-state index in [0.29, 0.717) is 13.1 Å². The Balaban J connectivity index is 0.000000187. The van der Waals surface area contributed by atoms with E-state index in [4.69, 9.17) is 11.5 Å². The number of halogens is 1. The van der Waals surface area contributed by atoms with Crippen LogP contribution < -0.4 is 11.5 Å². The summed E-state index contributed by atoms with van der Waals surface area (Å²) in [5, 5.41) is 2.62. The number of H-pyrrole nitrogens is 2. The molecule has 0 aliphatic rings. The number of aromatic nitrogens is 2. The molecule has 0 atom stereocenters. The number of rotatable bonds is 4. The summed E-state index contributed by atoms with van der Waals surface area (Å²) in [4.78, 5) is 6.71. The Bertz CT molecular complexity index is 918. The summed E-state index contributed by atoms with van der Waals surface area (Å²) in [5.41, 5.74) is 18.8. The molecule has 0 saturated heterocycles. The van der Waals surface area contributed by atoms with Crippen LogP contribution in [0.4, 0.5) is 0 Å². The molecule has 0 fully saturated rings. The van der Waals surface area contributed by atoms with Gasteiger partial charge in [-0.25, -0.2) is 0 Å². The molecule has 2 heterocycles. The van der Waals surface area contributed by atoms with Crippen LogP contribution in [0.3, 0.4) is 0 Å². The summed E-state index contributed by atoms with van der Waals surface area (Å²) in [6, 6.07) is 16.7. The van der Waals surface area contributed by atoms with Crippen molar-refractivity contribution in [3.63, 3.8) is 0 Å². The maximum absolute atomic E-state index is 5.57. The lowest BCUT2D eigenvalue weighted by Crippen LogP contribution is -2.03. The summed E-state index contributed by atoms with van der Waals surface area (Å²) < 4.78 is 0. The standard InChI is InChI=1S/2C11H14N2.ClH/c2*1-8-9(6-7-12)10-4-2-3-5-11(10)13-8;/h2*2-5,13H,6-7,12H2,1H3;1H. The van der Waals surface area contributed by atoms with E-state index in [2.05, 4.69) is 60.2 Å². The fourth-order valence-electron chi connectivity index (χ4n) is 3.60. The van der Waals surface area contributed by atoms with Crippen LogP contribution in [-0.4, -0.2) is 23.1 Å². The highest BCUT2D eigenvalue weighted by atomic mass is 35.5. The van der Waals surface area contributed by atoms with Gasteiger partial charge in [0.15, 0.2) is 0 Å². The molecule has 2 aromatic carbocycles. The van der Waals surface area contributed by atoms with Crippen LogP contribution in [0.2, 0.25) is 0 Å². The second kappa shape index (κ2) is 9.60. The summed E-state index contributed by atoms with van der Waals surface area (Å²) in [6.07, 6.45) is 1.91. The first kappa shape index (κ1) is 21.0. The molecule has 0 aliphatic carbocycles. The van der Waals surface area contributed by atoms with E-state index in [9.17, 15) is 0 Å². The molecule has 0 amide bonds. The molecule has 0 saturated carbocycles. The number of nitrogens with two attached hydrogens (primary N) is 2. The Morgan fingerprint density at radius 1 is 0.667 bits per heavy atom. The third kappa shape index (κ3) is 4.53. The lowest BCUT2D eigenvalue weighted by Gasteiger charge is -1.96. The fraction of sp³-hybridized carbons (Fsp3) is 0.273. The predicted octanol–water partition coefficient (Wildman–Crippen LogP) is 4.38. The fourth-order valence-corrected chi connectivity index (χ4v) is 3.60. The Labute approximate surface area is 166 Å². The molecule has 0 aliphatic heterocycles. The van der Waals surface area contributed by atoms with E-state index in [0.717, 1.165) is 12.8 Å². The van der Waals surface area contributed by atoms with Crippen LogP contribution in [0.1, 0.15) is 22.5 Å². The van der Waals surface area contributed by atoms with Crippen molar-refractivity contribution < 1.29 is 0 Å². The second-order valence-electron chi connectivity index (χ2n) is 6.63. The molecular formula is C22H29ClN4. The van der Waals surface area contributed by atoms with Gasteiger partial charge in [0.05, 0.1) is 0 Å². The van der Waals surface area contributed by atoms with Crippen LogP contribution in [0.25, 0.3) is 21.8 Å². The number of benzene rings is 2. The van der Waals surface area contributed by atoms with Gasteiger partial charge in [-0.1, -0.05) is 36.4 Å². The number of nitrogens with one attached hydrogen (secondary N) is 2. The smallest absolute Gasteiger partial charge is 0.0458 e. The first-order chi connectivity index (χ1) is 12.7. The average Bonchev–Trinajstić information content (AvgIpc) is 3.13. The van der Waals surface area contributed by atoms with Crippen molar-refractivity contribution in [1.29, 1.82) is 0 Å². The van der Waals surface area contributed by atoms with Crippen molar-refractivity contribution in [2.75, 3.05) is 13.1 Å². The van der Waals surface area contributed by atoms with E-state index in [-0.39, 0.29) is 12.4 Å². The monoisotopic (exact) mass is 384 g/mol. The highest BCUT2D eigenvalue weighted by Crippen LogP contribution is 2.22. The van der Waals surface area contributed by atoms with Crippen molar-refractivity contribution in [2.24, 2.45) is 11.5 Å². The molecular weight excluding hydrogens is 356 g/mol. The van der Waals surface area contributed by atoms with Gasteiger partial charge in [-0.05, 0) is 63.0 Å². The molecule has 5 heteroatoms. The van der Waals surface area contributed by atoms with Gasteiger partial charge in [0.25, 0.3) is 0 Å². The maximum Gasteiger partial charge on any atom is 0.0458 e. The van der Waals surface area contributed by atoms with Gasteiger partial charge < -0.3 is 21.4 Å². The van der Waals surface area contributed by atoms with E-state index >= 15 is 0 Å². The average molecular weight is 385 g/mol. The van der Waals surface area contributed by atoms with Crippen molar-refractivity contribution in [1.82, 2.24) is 9.97 Å². The normalized spacial score (nSPS) is 10.5. The quantitative estimate of drug-likeness (QED) is 0.421. The first-order valence-corrected chi connectivity index (χ1v) is 9.18. The third-order valence-electron chi connectivity index (χ3n) is 4.84. The van der Waals surface area contributed by atoms with Crippen LogP contribution in [0.15, 0.2) is 48.5 Å². The van der Waals surface area contributed by atoms with E-state index in [1.54, 1.807) is 0 Å². The summed E-state index contributed by atoms with van der Waals surface area (Å²) in [6.45, 7) is 5.63. The van der Waals surface area contributed by atoms with Crippen LogP contribution in [-0.2, 0) is 12.8 Å². The molecule has 4 aromatic rings. The van der Waals surface area contributed by atoms with Gasteiger partial charge >= 0.3 is 0 Å². The van der Waals surface area contributed by atoms with Crippen LogP contribution >= 0.6 is 12.4 Å². The lowest BCUT2D eigenvalue weighted by atomic mass is 10.1. The molecule has 6 N–H and O–H groups in total. The third-order valence-corrected chi connectivity index (χ3v) is 4.84. The molecule has 27 heavy (non-hydrogen) atoms. The van der Waals surface area contributed by atoms with Gasteiger partial charge in [0, 0.05) is 33.2 Å². The lowest BCUT2D eigenvalue weighted by molar-refractivity contribution is 0.963. The molecule has 0 radical (unpaired) electrons. The van der Waals surface area contributed by atoms with Crippen LogP contribution in [0, 0.1) is 13.8 Å². The topological polar surface area (TPSA) is 83.6 Å². The Morgan fingerprint density at radius 2 is 1.04 bits per heavy atom. The molecule has 4 rings (SSSR count). The Hall–Kier alpha value is -2.27. The summed E-state index contributed by atoms with van der Waals surface area (Å²) >= 11 is 0. The number of para-hydroxylation sites is 2. The molecule has 144 valence electrons. The van der Waals surface area contributed by atoms with Crippen molar-refractivity contribution in [3.05, 3.63) is 71.0 Å². The highest BCUT2D eigenvalue weighted by molar-refractivity contribution is 5.86. The molecule has 2 aromatic heterocycles. The largest absolute Gasteiger partial charge is 0.358 e. The minimum atomic E-state index is 0.